The fourth-order valence-corrected chi connectivity index (χ4v) is 3.20. The van der Waals surface area contributed by atoms with Crippen LogP contribution in [0.5, 0.6) is 0 Å². The summed E-state index contributed by atoms with van der Waals surface area (Å²) in [5.41, 5.74) is 4.93. The van der Waals surface area contributed by atoms with E-state index in [1.54, 1.807) is 0 Å². The Morgan fingerprint density at radius 2 is 1.93 bits per heavy atom. The monoisotopic (exact) mass is 373 g/mol. The summed E-state index contributed by atoms with van der Waals surface area (Å²) in [6.45, 7) is 8.14. The van der Waals surface area contributed by atoms with Gasteiger partial charge in [-0.3, -0.25) is 4.79 Å². The van der Waals surface area contributed by atoms with E-state index in [0.717, 1.165) is 23.6 Å². The van der Waals surface area contributed by atoms with Gasteiger partial charge in [-0.15, -0.1) is 0 Å². The molecule has 28 heavy (non-hydrogen) atoms. The molecule has 3 aromatic rings. The summed E-state index contributed by atoms with van der Waals surface area (Å²) in [5.74, 6) is 0.836. The Bertz CT molecular complexity index is 1040. The van der Waals surface area contributed by atoms with Crippen LogP contribution < -0.4 is 5.32 Å². The van der Waals surface area contributed by atoms with E-state index in [1.165, 1.54) is 11.1 Å². The molecule has 144 valence electrons. The Kier molecular flexibility index (Phi) is 6.09. The zero-order valence-electron chi connectivity index (χ0n) is 16.9. The minimum atomic E-state index is -0.0755. The molecule has 0 spiro atoms. The quantitative estimate of drug-likeness (QED) is 0.567. The Morgan fingerprint density at radius 3 is 2.68 bits per heavy atom. The number of nitrogens with zero attached hydrogens (tertiary/aromatic N) is 2. The van der Waals surface area contributed by atoms with Crippen molar-refractivity contribution in [2.24, 2.45) is 5.92 Å². The Morgan fingerprint density at radius 1 is 1.11 bits per heavy atom. The molecular formula is C24H27N3O. The van der Waals surface area contributed by atoms with Crippen molar-refractivity contribution in [1.29, 1.82) is 0 Å². The van der Waals surface area contributed by atoms with Crippen LogP contribution in [-0.4, -0.2) is 15.2 Å². The number of aromatic nitrogens is 2. The summed E-state index contributed by atoms with van der Waals surface area (Å²) in [6, 6.07) is 10.0. The Balaban J connectivity index is 0.00000109. The van der Waals surface area contributed by atoms with E-state index in [4.69, 9.17) is 0 Å². The highest BCUT2D eigenvalue weighted by Gasteiger charge is 2.18. The molecule has 4 rings (SSSR count). The second-order valence-electron chi connectivity index (χ2n) is 6.77. The first-order valence-corrected chi connectivity index (χ1v) is 9.81. The van der Waals surface area contributed by atoms with E-state index >= 15 is 0 Å². The van der Waals surface area contributed by atoms with E-state index in [0.29, 0.717) is 5.56 Å². The molecule has 4 heteroatoms. The van der Waals surface area contributed by atoms with Crippen LogP contribution in [0, 0.1) is 19.8 Å². The fourth-order valence-electron chi connectivity index (χ4n) is 3.20. The molecule has 0 radical (unpaired) electrons. The number of hydrogen-bond donors (Lipinski definition) is 1. The smallest absolute Gasteiger partial charge is 0.171 e. The van der Waals surface area contributed by atoms with Crippen molar-refractivity contribution in [2.45, 2.75) is 34.1 Å². The predicted molar refractivity (Wildman–Crippen MR) is 116 cm³/mol. The van der Waals surface area contributed by atoms with Crippen LogP contribution in [0.4, 0.5) is 11.5 Å². The number of aryl methyl sites for hydroxylation is 2. The minimum absolute atomic E-state index is 0.0755. The van der Waals surface area contributed by atoms with Crippen LogP contribution >= 0.6 is 0 Å². The maximum atomic E-state index is 12.7. The number of Topliss-reactive ketones (excluding diaryl/α,β-unsaturated/α-hetero) is 1. The second kappa shape index (κ2) is 8.70. The molecule has 2 aromatic heterocycles. The predicted octanol–water partition coefficient (Wildman–Crippen LogP) is 6.04. The van der Waals surface area contributed by atoms with Gasteiger partial charge in [0.15, 0.2) is 5.78 Å². The van der Waals surface area contributed by atoms with Crippen molar-refractivity contribution in [3.05, 3.63) is 83.7 Å². The normalized spacial score (nSPS) is 15.2. The second-order valence-corrected chi connectivity index (χ2v) is 6.77. The van der Waals surface area contributed by atoms with Gasteiger partial charge in [0.2, 0.25) is 0 Å². The molecule has 2 heterocycles. The van der Waals surface area contributed by atoms with Gasteiger partial charge in [-0.2, -0.15) is 0 Å². The zero-order chi connectivity index (χ0) is 20.1. The van der Waals surface area contributed by atoms with Gasteiger partial charge in [0.25, 0.3) is 0 Å². The van der Waals surface area contributed by atoms with Gasteiger partial charge in [0.1, 0.15) is 11.5 Å². The van der Waals surface area contributed by atoms with Crippen LogP contribution in [0.25, 0.3) is 5.65 Å². The lowest BCUT2D eigenvalue weighted by Gasteiger charge is -2.11. The van der Waals surface area contributed by atoms with E-state index < -0.39 is 0 Å². The number of rotatable bonds is 4. The molecule has 1 aliphatic rings. The first kappa shape index (κ1) is 19.6. The lowest BCUT2D eigenvalue weighted by atomic mass is 9.92. The van der Waals surface area contributed by atoms with Gasteiger partial charge in [0, 0.05) is 23.4 Å². The van der Waals surface area contributed by atoms with E-state index in [9.17, 15) is 4.79 Å². The number of benzene rings is 1. The lowest BCUT2D eigenvalue weighted by molar-refractivity contribution is 0.0945. The number of imidazole rings is 1. The van der Waals surface area contributed by atoms with Gasteiger partial charge < -0.3 is 9.72 Å². The van der Waals surface area contributed by atoms with Crippen LogP contribution in [0.15, 0.2) is 67.0 Å². The molecule has 1 aromatic carbocycles. The van der Waals surface area contributed by atoms with Crippen molar-refractivity contribution < 1.29 is 4.79 Å². The number of carbonyl (C=O) groups is 1. The molecule has 0 bridgehead atoms. The number of hydrogen-bond acceptors (Lipinski definition) is 3. The topological polar surface area (TPSA) is 46.4 Å². The van der Waals surface area contributed by atoms with Crippen LogP contribution in [-0.2, 0) is 0 Å². The van der Waals surface area contributed by atoms with Crippen LogP contribution in [0.2, 0.25) is 0 Å². The largest absolute Gasteiger partial charge is 0.339 e. The molecule has 4 nitrogen and oxygen atoms in total. The standard InChI is InChI=1S/C22H21N3O.C2H6/c1-15-8-9-16(2)19(12-15)23-20-14-25-13-18(10-11-21(25)24-20)22(26)17-6-4-3-5-7-17;1-2/h3-6,8-14,17,23H,7H2,1-2H3;1-2H3. The van der Waals surface area contributed by atoms with E-state index in [-0.39, 0.29) is 11.7 Å². The van der Waals surface area contributed by atoms with Gasteiger partial charge in [-0.25, -0.2) is 4.98 Å². The summed E-state index contributed by atoms with van der Waals surface area (Å²) < 4.78 is 1.91. The van der Waals surface area contributed by atoms with Gasteiger partial charge >= 0.3 is 0 Å². The third-order valence-corrected chi connectivity index (χ3v) is 4.71. The first-order valence-electron chi connectivity index (χ1n) is 9.81. The van der Waals surface area contributed by atoms with E-state index in [1.807, 2.05) is 67.1 Å². The highest BCUT2D eigenvalue weighted by molar-refractivity contribution is 5.99. The maximum Gasteiger partial charge on any atom is 0.171 e. The molecule has 0 saturated carbocycles. The van der Waals surface area contributed by atoms with Crippen molar-refractivity contribution in [1.82, 2.24) is 9.38 Å². The summed E-state index contributed by atoms with van der Waals surface area (Å²) in [4.78, 5) is 17.3. The lowest BCUT2D eigenvalue weighted by Crippen LogP contribution is -2.13. The molecule has 0 amide bonds. The number of allylic oxidation sites excluding steroid dienone is 4. The van der Waals surface area contributed by atoms with Gasteiger partial charge in [-0.1, -0.05) is 50.3 Å². The molecule has 1 N–H and O–H groups in total. The van der Waals surface area contributed by atoms with Crippen molar-refractivity contribution in [2.75, 3.05) is 5.32 Å². The average Bonchev–Trinajstić information content (AvgIpc) is 3.14. The molecule has 1 unspecified atom stereocenters. The van der Waals surface area contributed by atoms with Crippen molar-refractivity contribution in [3.8, 4) is 0 Å². The summed E-state index contributed by atoms with van der Waals surface area (Å²) in [5, 5.41) is 3.38. The molecule has 0 aliphatic heterocycles. The van der Waals surface area contributed by atoms with Crippen LogP contribution in [0.3, 0.4) is 0 Å². The number of ketones is 1. The Labute approximate surface area is 166 Å². The summed E-state index contributed by atoms with van der Waals surface area (Å²) >= 11 is 0. The fraction of sp³-hybridized carbons (Fsp3) is 0.250. The highest BCUT2D eigenvalue weighted by atomic mass is 16.1. The number of carbonyl (C=O) groups excluding carboxylic acids is 1. The van der Waals surface area contributed by atoms with Crippen molar-refractivity contribution >= 4 is 22.9 Å². The first-order chi connectivity index (χ1) is 13.6. The molecule has 1 aliphatic carbocycles. The number of pyridine rings is 1. The van der Waals surface area contributed by atoms with Gasteiger partial charge in [-0.05, 0) is 49.6 Å². The third kappa shape index (κ3) is 4.22. The van der Waals surface area contributed by atoms with Crippen molar-refractivity contribution in [3.63, 3.8) is 0 Å². The summed E-state index contributed by atoms with van der Waals surface area (Å²) in [7, 11) is 0. The van der Waals surface area contributed by atoms with Gasteiger partial charge in [0.05, 0.1) is 6.20 Å². The SMILES string of the molecule is CC.Cc1ccc(C)c(Nc2cn3cc(C(=O)C4C=CC=CC4)ccc3n2)c1. The van der Waals surface area contributed by atoms with Crippen LogP contribution in [0.1, 0.15) is 41.8 Å². The highest BCUT2D eigenvalue weighted by Crippen LogP contribution is 2.23. The summed E-state index contributed by atoms with van der Waals surface area (Å²) in [6.07, 6.45) is 12.5. The molecular weight excluding hydrogens is 346 g/mol. The average molecular weight is 374 g/mol. The Hall–Kier alpha value is -3.14. The maximum absolute atomic E-state index is 12.7. The third-order valence-electron chi connectivity index (χ3n) is 4.71. The molecule has 0 saturated heterocycles. The number of nitrogens with one attached hydrogen (secondary N) is 1. The molecule has 1 atom stereocenters. The van der Waals surface area contributed by atoms with E-state index in [2.05, 4.69) is 42.3 Å². The number of anilines is 2. The zero-order valence-corrected chi connectivity index (χ0v) is 16.9. The molecule has 0 fully saturated rings. The number of fused-ring (bicyclic) bond motifs is 1. The minimum Gasteiger partial charge on any atom is -0.339 e.